The zero-order valence-corrected chi connectivity index (χ0v) is 19.8. The molecule has 0 saturated carbocycles. The molecule has 0 bridgehead atoms. The van der Waals surface area contributed by atoms with Gasteiger partial charge < -0.3 is 10.0 Å². The van der Waals surface area contributed by atoms with Crippen LogP contribution in [0.15, 0.2) is 11.1 Å². The van der Waals surface area contributed by atoms with Gasteiger partial charge in [-0.15, -0.1) is 0 Å². The molecule has 0 atom stereocenters. The molecule has 1 rings (SSSR count). The monoisotopic (exact) mass is 638 g/mol. The molecular formula is C12H13CaI3N2O2. The number of carbonyl (C=O) groups is 1. The van der Waals surface area contributed by atoms with Gasteiger partial charge in [-0.25, -0.2) is 4.99 Å². The number of carboxylic acids is 1. The van der Waals surface area contributed by atoms with E-state index in [9.17, 15) is 4.79 Å². The molecule has 1 N–H and O–H groups in total. The molecule has 0 unspecified atom stereocenters. The molecule has 4 nitrogen and oxygen atoms in total. The second-order valence-corrected chi connectivity index (χ2v) is 7.49. The molecular weight excluding hydrogens is 625 g/mol. The fourth-order valence-electron chi connectivity index (χ4n) is 1.37. The molecule has 0 heterocycles. The molecule has 1 aromatic carbocycles. The second kappa shape index (κ2) is 10.4. The van der Waals surface area contributed by atoms with Crippen LogP contribution in [-0.4, -0.2) is 74.1 Å². The fourth-order valence-corrected chi connectivity index (χ4v) is 5.56. The van der Waals surface area contributed by atoms with Crippen LogP contribution in [-0.2, 0) is 11.2 Å². The number of halogens is 3. The summed E-state index contributed by atoms with van der Waals surface area (Å²) in [7, 11) is 3.84. The van der Waals surface area contributed by atoms with Gasteiger partial charge in [-0.1, -0.05) is 0 Å². The summed E-state index contributed by atoms with van der Waals surface area (Å²) in [5, 5.41) is 8.81. The van der Waals surface area contributed by atoms with Crippen LogP contribution in [0.25, 0.3) is 0 Å². The quantitative estimate of drug-likeness (QED) is 0.233. The summed E-state index contributed by atoms with van der Waals surface area (Å²) >= 11 is 6.76. The van der Waals surface area contributed by atoms with Gasteiger partial charge in [0.1, 0.15) is 0 Å². The minimum atomic E-state index is -0.775. The van der Waals surface area contributed by atoms with Gasteiger partial charge in [0.05, 0.1) is 12.0 Å². The van der Waals surface area contributed by atoms with Crippen LogP contribution in [0.1, 0.15) is 12.0 Å². The van der Waals surface area contributed by atoms with Crippen molar-refractivity contribution in [3.63, 3.8) is 0 Å². The number of nitrogens with zero attached hydrogens (tertiary/aromatic N) is 2. The topological polar surface area (TPSA) is 52.9 Å². The van der Waals surface area contributed by atoms with E-state index in [1.807, 2.05) is 25.1 Å². The number of rotatable bonds is 5. The van der Waals surface area contributed by atoms with Crippen LogP contribution in [0.2, 0.25) is 0 Å². The number of hydrogen-bond acceptors (Lipinski definition) is 2. The van der Waals surface area contributed by atoms with Crippen molar-refractivity contribution in [2.24, 2.45) is 4.99 Å². The van der Waals surface area contributed by atoms with Gasteiger partial charge in [0.2, 0.25) is 0 Å². The van der Waals surface area contributed by atoms with Crippen LogP contribution in [0, 0.1) is 10.7 Å². The minimum absolute atomic E-state index is 0. The average molecular weight is 638 g/mol. The Bertz CT molecular complexity index is 522. The van der Waals surface area contributed by atoms with Crippen LogP contribution < -0.4 is 0 Å². The van der Waals surface area contributed by atoms with E-state index >= 15 is 0 Å². The standard InChI is InChI=1S/C12H13I3N2O2.Ca/c1-17(2)6-16-12-9(14)5-8(13)7(11(12)15)3-4-10(18)19;/h5-6H,3-4H2,1-2H3,(H,18,19);. The average Bonchev–Trinajstić information content (AvgIpc) is 2.27. The molecule has 0 aliphatic rings. The molecule has 0 amide bonds. The smallest absolute Gasteiger partial charge is 0.303 e. The third kappa shape index (κ3) is 6.80. The van der Waals surface area contributed by atoms with Crippen molar-refractivity contribution in [3.8, 4) is 0 Å². The Morgan fingerprint density at radius 2 is 1.95 bits per heavy atom. The van der Waals surface area contributed by atoms with Crippen LogP contribution in [0.3, 0.4) is 0 Å². The zero-order chi connectivity index (χ0) is 14.6. The largest absolute Gasteiger partial charge is 0.481 e. The summed E-state index contributed by atoms with van der Waals surface area (Å²) in [4.78, 5) is 17.1. The molecule has 1 aromatic rings. The molecule has 2 radical (unpaired) electrons. The van der Waals surface area contributed by atoms with Crippen molar-refractivity contribution < 1.29 is 9.90 Å². The van der Waals surface area contributed by atoms with E-state index < -0.39 is 5.97 Å². The van der Waals surface area contributed by atoms with E-state index in [1.165, 1.54) is 0 Å². The first-order valence-electron chi connectivity index (χ1n) is 5.41. The van der Waals surface area contributed by atoms with Crippen molar-refractivity contribution >= 4 is 124 Å². The molecule has 8 heteroatoms. The normalized spacial score (nSPS) is 10.4. The summed E-state index contributed by atoms with van der Waals surface area (Å²) in [6, 6.07) is 2.04. The van der Waals surface area contributed by atoms with Gasteiger partial charge in [-0.05, 0) is 85.8 Å². The third-order valence-electron chi connectivity index (χ3n) is 2.25. The molecule has 0 aromatic heterocycles. The van der Waals surface area contributed by atoms with Crippen molar-refractivity contribution in [2.75, 3.05) is 14.1 Å². The van der Waals surface area contributed by atoms with Crippen LogP contribution in [0.5, 0.6) is 0 Å². The van der Waals surface area contributed by atoms with Crippen molar-refractivity contribution in [2.45, 2.75) is 12.8 Å². The first kappa shape index (κ1) is 21.6. The van der Waals surface area contributed by atoms with E-state index in [1.54, 1.807) is 6.34 Å². The Hall–Kier alpha value is 1.61. The molecule has 0 spiro atoms. The van der Waals surface area contributed by atoms with E-state index in [2.05, 4.69) is 72.8 Å². The number of aliphatic carboxylic acids is 1. The molecule has 0 saturated heterocycles. The number of benzene rings is 1. The van der Waals surface area contributed by atoms with E-state index in [-0.39, 0.29) is 44.2 Å². The molecule has 106 valence electrons. The summed E-state index contributed by atoms with van der Waals surface area (Å²) in [5.41, 5.74) is 1.98. The first-order chi connectivity index (χ1) is 8.82. The molecule has 0 fully saturated rings. The summed E-state index contributed by atoms with van der Waals surface area (Å²) in [6.45, 7) is 0. The third-order valence-corrected chi connectivity index (χ3v) is 5.19. The Balaban J connectivity index is 0.00000361. The number of aliphatic imine (C=N–C) groups is 1. The number of hydrogen-bond donors (Lipinski definition) is 1. The van der Waals surface area contributed by atoms with E-state index in [4.69, 9.17) is 5.11 Å². The summed E-state index contributed by atoms with van der Waals surface area (Å²) < 4.78 is 3.20. The maximum absolute atomic E-state index is 10.7. The summed E-state index contributed by atoms with van der Waals surface area (Å²) in [6.07, 6.45) is 2.43. The zero-order valence-electron chi connectivity index (χ0n) is 11.2. The van der Waals surface area contributed by atoms with Crippen molar-refractivity contribution in [1.82, 2.24) is 4.90 Å². The van der Waals surface area contributed by atoms with E-state index in [0.29, 0.717) is 6.42 Å². The van der Waals surface area contributed by atoms with Crippen LogP contribution >= 0.6 is 67.8 Å². The Labute approximate surface area is 189 Å². The maximum Gasteiger partial charge on any atom is 0.303 e. The Kier molecular flexibility index (Phi) is 11.2. The Morgan fingerprint density at radius 3 is 2.45 bits per heavy atom. The maximum atomic E-state index is 10.7. The van der Waals surface area contributed by atoms with Crippen LogP contribution in [0.4, 0.5) is 5.69 Å². The van der Waals surface area contributed by atoms with Gasteiger partial charge in [-0.2, -0.15) is 0 Å². The summed E-state index contributed by atoms with van der Waals surface area (Å²) in [5.74, 6) is -0.775. The Morgan fingerprint density at radius 1 is 1.35 bits per heavy atom. The van der Waals surface area contributed by atoms with Gasteiger partial charge in [0, 0.05) is 69.0 Å². The second-order valence-electron chi connectivity index (χ2n) is 4.08. The predicted octanol–water partition coefficient (Wildman–Crippen LogP) is 3.36. The molecule has 20 heavy (non-hydrogen) atoms. The van der Waals surface area contributed by atoms with Gasteiger partial charge in [-0.3, -0.25) is 4.79 Å². The predicted molar refractivity (Wildman–Crippen MR) is 108 cm³/mol. The molecule has 0 aliphatic carbocycles. The minimum Gasteiger partial charge on any atom is -0.481 e. The fraction of sp³-hybridized carbons (Fsp3) is 0.333. The van der Waals surface area contributed by atoms with E-state index in [0.717, 1.165) is 22.0 Å². The van der Waals surface area contributed by atoms with Crippen molar-refractivity contribution in [3.05, 3.63) is 22.3 Å². The van der Waals surface area contributed by atoms with Gasteiger partial charge in [0.15, 0.2) is 0 Å². The first-order valence-corrected chi connectivity index (χ1v) is 8.65. The van der Waals surface area contributed by atoms with Crippen molar-refractivity contribution in [1.29, 1.82) is 0 Å². The molecule has 0 aliphatic heterocycles. The SMILES string of the molecule is CN(C)C=Nc1c(I)cc(I)c(CCC(=O)O)c1I.[Ca]. The number of carboxylic acid groups (broad SMARTS) is 1. The van der Waals surface area contributed by atoms with Gasteiger partial charge in [0.25, 0.3) is 0 Å². The van der Waals surface area contributed by atoms with Gasteiger partial charge >= 0.3 is 5.97 Å².